The van der Waals surface area contributed by atoms with Crippen LogP contribution in [0.2, 0.25) is 0 Å². The number of aryl methyl sites for hydroxylation is 1. The van der Waals surface area contributed by atoms with Gasteiger partial charge in [0.05, 0.1) is 31.2 Å². The number of nitrogens with one attached hydrogen (secondary N) is 1. The summed E-state index contributed by atoms with van der Waals surface area (Å²) in [5, 5.41) is 3.23. The van der Waals surface area contributed by atoms with Gasteiger partial charge in [0.2, 0.25) is 5.88 Å². The number of anilines is 1. The fraction of sp³-hybridized carbons (Fsp3) is 0.250. The highest BCUT2D eigenvalue weighted by atomic mass is 16.5. The second kappa shape index (κ2) is 5.25. The van der Waals surface area contributed by atoms with Crippen LogP contribution in [0.5, 0.6) is 5.88 Å². The van der Waals surface area contributed by atoms with E-state index in [1.807, 2.05) is 25.1 Å². The molecule has 0 amide bonds. The highest BCUT2D eigenvalue weighted by molar-refractivity contribution is 5.42. The van der Waals surface area contributed by atoms with Gasteiger partial charge in [0, 0.05) is 12.3 Å². The van der Waals surface area contributed by atoms with E-state index in [4.69, 9.17) is 4.74 Å². The lowest BCUT2D eigenvalue weighted by molar-refractivity contribution is 0.398. The molecule has 0 bridgehead atoms. The average molecular weight is 230 g/mol. The molecular weight excluding hydrogens is 216 g/mol. The summed E-state index contributed by atoms with van der Waals surface area (Å²) in [6.07, 6.45) is 3.48. The van der Waals surface area contributed by atoms with Crippen LogP contribution in [-0.4, -0.2) is 22.1 Å². The van der Waals surface area contributed by atoms with Gasteiger partial charge in [0.25, 0.3) is 0 Å². The van der Waals surface area contributed by atoms with Crippen LogP contribution >= 0.6 is 0 Å². The van der Waals surface area contributed by atoms with Gasteiger partial charge in [0.1, 0.15) is 5.82 Å². The van der Waals surface area contributed by atoms with E-state index >= 15 is 0 Å². The summed E-state index contributed by atoms with van der Waals surface area (Å²) in [7, 11) is 1.60. The molecule has 0 unspecified atom stereocenters. The zero-order valence-electron chi connectivity index (χ0n) is 9.84. The monoisotopic (exact) mass is 230 g/mol. The van der Waals surface area contributed by atoms with Crippen LogP contribution in [-0.2, 0) is 6.54 Å². The number of hydrogen-bond acceptors (Lipinski definition) is 5. The van der Waals surface area contributed by atoms with Gasteiger partial charge >= 0.3 is 0 Å². The minimum atomic E-state index is 0.605. The van der Waals surface area contributed by atoms with E-state index in [-0.39, 0.29) is 0 Å². The molecule has 0 saturated carbocycles. The first-order chi connectivity index (χ1) is 8.28. The normalized spacial score (nSPS) is 10.0. The molecule has 0 fully saturated rings. The molecule has 2 aromatic rings. The van der Waals surface area contributed by atoms with Gasteiger partial charge in [-0.3, -0.25) is 0 Å². The van der Waals surface area contributed by atoms with Gasteiger partial charge in [-0.15, -0.1) is 0 Å². The highest BCUT2D eigenvalue weighted by Crippen LogP contribution is 2.11. The Morgan fingerprint density at radius 1 is 1.24 bits per heavy atom. The highest BCUT2D eigenvalue weighted by Gasteiger charge is 1.97. The molecule has 1 N–H and O–H groups in total. The van der Waals surface area contributed by atoms with Crippen molar-refractivity contribution in [3.05, 3.63) is 42.1 Å². The number of rotatable bonds is 4. The van der Waals surface area contributed by atoms with E-state index in [1.54, 1.807) is 19.5 Å². The van der Waals surface area contributed by atoms with Gasteiger partial charge in [0.15, 0.2) is 0 Å². The maximum atomic E-state index is 4.99. The molecular formula is C12H14N4O. The van der Waals surface area contributed by atoms with Crippen molar-refractivity contribution in [3.8, 4) is 5.88 Å². The van der Waals surface area contributed by atoms with E-state index in [0.717, 1.165) is 17.2 Å². The zero-order chi connectivity index (χ0) is 12.1. The van der Waals surface area contributed by atoms with Crippen molar-refractivity contribution in [1.29, 1.82) is 0 Å². The Labute approximate surface area is 99.9 Å². The molecule has 2 heterocycles. The minimum absolute atomic E-state index is 0.605. The van der Waals surface area contributed by atoms with E-state index in [1.165, 1.54) is 0 Å². The molecule has 2 aromatic heterocycles. The Hall–Kier alpha value is -2.17. The van der Waals surface area contributed by atoms with Crippen molar-refractivity contribution in [1.82, 2.24) is 15.0 Å². The molecule has 88 valence electrons. The third-order valence-corrected chi connectivity index (χ3v) is 2.25. The van der Waals surface area contributed by atoms with E-state index in [2.05, 4.69) is 20.3 Å². The Morgan fingerprint density at radius 3 is 2.76 bits per heavy atom. The maximum absolute atomic E-state index is 4.99. The van der Waals surface area contributed by atoms with Gasteiger partial charge in [-0.05, 0) is 19.1 Å². The van der Waals surface area contributed by atoms with E-state index in [0.29, 0.717) is 12.4 Å². The molecule has 5 heteroatoms. The summed E-state index contributed by atoms with van der Waals surface area (Å²) in [6, 6.07) is 5.62. The Balaban J connectivity index is 1.97. The lowest BCUT2D eigenvalue weighted by Gasteiger charge is -2.06. The molecule has 0 aromatic carbocycles. The van der Waals surface area contributed by atoms with Crippen molar-refractivity contribution in [2.45, 2.75) is 13.5 Å². The second-order valence-corrected chi connectivity index (χ2v) is 3.54. The Bertz CT molecular complexity index is 484. The number of pyridine rings is 1. The van der Waals surface area contributed by atoms with Gasteiger partial charge in [-0.2, -0.15) is 0 Å². The topological polar surface area (TPSA) is 59.9 Å². The molecule has 0 aliphatic rings. The lowest BCUT2D eigenvalue weighted by Crippen LogP contribution is -2.03. The molecule has 2 rings (SSSR count). The molecule has 0 spiro atoms. The van der Waals surface area contributed by atoms with Crippen LogP contribution in [0, 0.1) is 6.92 Å². The Morgan fingerprint density at radius 2 is 2.12 bits per heavy atom. The second-order valence-electron chi connectivity index (χ2n) is 3.54. The summed E-state index contributed by atoms with van der Waals surface area (Å²) in [5.74, 6) is 1.38. The fourth-order valence-electron chi connectivity index (χ4n) is 1.40. The Kier molecular flexibility index (Phi) is 3.49. The molecule has 0 atom stereocenters. The third kappa shape index (κ3) is 3.14. The third-order valence-electron chi connectivity index (χ3n) is 2.25. The predicted octanol–water partition coefficient (Wildman–Crippen LogP) is 1.80. The maximum Gasteiger partial charge on any atom is 0.213 e. The van der Waals surface area contributed by atoms with Crippen LogP contribution in [0.4, 0.5) is 5.69 Å². The van der Waals surface area contributed by atoms with Crippen molar-refractivity contribution in [3.63, 3.8) is 0 Å². The van der Waals surface area contributed by atoms with Gasteiger partial charge in [-0.1, -0.05) is 0 Å². The van der Waals surface area contributed by atoms with Crippen molar-refractivity contribution >= 4 is 5.69 Å². The number of methoxy groups -OCH3 is 1. The molecule has 17 heavy (non-hydrogen) atoms. The van der Waals surface area contributed by atoms with E-state index < -0.39 is 0 Å². The van der Waals surface area contributed by atoms with E-state index in [9.17, 15) is 0 Å². The largest absolute Gasteiger partial charge is 0.481 e. The van der Waals surface area contributed by atoms with Crippen LogP contribution in [0.1, 0.15) is 11.5 Å². The molecule has 0 aliphatic heterocycles. The first-order valence-electron chi connectivity index (χ1n) is 5.30. The summed E-state index contributed by atoms with van der Waals surface area (Å²) < 4.78 is 4.99. The van der Waals surface area contributed by atoms with Crippen molar-refractivity contribution in [2.75, 3.05) is 12.4 Å². The lowest BCUT2D eigenvalue weighted by atomic mass is 10.3. The number of aromatic nitrogens is 3. The summed E-state index contributed by atoms with van der Waals surface area (Å²) >= 11 is 0. The minimum Gasteiger partial charge on any atom is -0.481 e. The molecule has 0 saturated heterocycles. The summed E-state index contributed by atoms with van der Waals surface area (Å²) in [4.78, 5) is 12.5. The SMILES string of the molecule is COc1ccc(NCc2ccnc(C)n2)cn1. The zero-order valence-corrected chi connectivity index (χ0v) is 9.84. The van der Waals surface area contributed by atoms with Crippen LogP contribution in [0.25, 0.3) is 0 Å². The summed E-state index contributed by atoms with van der Waals surface area (Å²) in [6.45, 7) is 2.52. The van der Waals surface area contributed by atoms with Crippen LogP contribution in [0.15, 0.2) is 30.6 Å². The average Bonchev–Trinajstić information content (AvgIpc) is 2.37. The smallest absolute Gasteiger partial charge is 0.213 e. The molecule has 5 nitrogen and oxygen atoms in total. The standard InChI is InChI=1S/C12H14N4O/c1-9-13-6-5-11(16-9)8-14-10-3-4-12(17-2)15-7-10/h3-7,14H,8H2,1-2H3. The van der Waals surface area contributed by atoms with Crippen LogP contribution < -0.4 is 10.1 Å². The number of hydrogen-bond donors (Lipinski definition) is 1. The van der Waals surface area contributed by atoms with Gasteiger partial charge < -0.3 is 10.1 Å². The van der Waals surface area contributed by atoms with Gasteiger partial charge in [-0.25, -0.2) is 15.0 Å². The van der Waals surface area contributed by atoms with Crippen molar-refractivity contribution < 1.29 is 4.74 Å². The fourth-order valence-corrected chi connectivity index (χ4v) is 1.40. The molecule has 0 radical (unpaired) electrons. The van der Waals surface area contributed by atoms with Crippen LogP contribution in [0.3, 0.4) is 0 Å². The quantitative estimate of drug-likeness (QED) is 0.867. The number of nitrogens with zero attached hydrogens (tertiary/aromatic N) is 3. The van der Waals surface area contributed by atoms with Crippen molar-refractivity contribution in [2.24, 2.45) is 0 Å². The number of ether oxygens (including phenoxy) is 1. The molecule has 0 aliphatic carbocycles. The predicted molar refractivity (Wildman–Crippen MR) is 64.9 cm³/mol. The first-order valence-corrected chi connectivity index (χ1v) is 5.30. The summed E-state index contributed by atoms with van der Waals surface area (Å²) in [5.41, 5.74) is 1.88. The first kappa shape index (κ1) is 11.3.